The predicted octanol–water partition coefficient (Wildman–Crippen LogP) is 9.01. The topological polar surface area (TPSA) is 9.23 Å². The summed E-state index contributed by atoms with van der Waals surface area (Å²) in [6, 6.07) is 9.01. The third-order valence-corrected chi connectivity index (χ3v) is 12.5. The Morgan fingerprint density at radius 1 is 0.812 bits per heavy atom. The van der Waals surface area contributed by atoms with Crippen molar-refractivity contribution in [3.05, 3.63) is 29.8 Å². The Balaban J connectivity index is 1.70. The summed E-state index contributed by atoms with van der Waals surface area (Å²) in [6.45, 7) is 15.7. The molecule has 0 radical (unpaired) electrons. The molecule has 180 valence electrons. The Kier molecular flexibility index (Phi) is 8.19. The van der Waals surface area contributed by atoms with Crippen molar-refractivity contribution < 1.29 is 4.74 Å². The van der Waals surface area contributed by atoms with Crippen molar-refractivity contribution in [2.45, 2.75) is 101 Å². The molecule has 0 amide bonds. The van der Waals surface area contributed by atoms with Crippen molar-refractivity contribution in [3.8, 4) is 5.75 Å². The largest absolute Gasteiger partial charge is 0.493 e. The van der Waals surface area contributed by atoms with E-state index >= 15 is 0 Å². The first-order valence-corrected chi connectivity index (χ1v) is 15.1. The van der Waals surface area contributed by atoms with E-state index < -0.39 is 0 Å². The van der Waals surface area contributed by atoms with Gasteiger partial charge in [-0.25, -0.2) is 0 Å². The molecule has 1 aliphatic heterocycles. The van der Waals surface area contributed by atoms with E-state index in [1.54, 1.807) is 0 Å². The number of ether oxygens (including phenoxy) is 1. The van der Waals surface area contributed by atoms with Gasteiger partial charge >= 0.3 is 0 Å². The van der Waals surface area contributed by atoms with Gasteiger partial charge in [-0.05, 0) is 67.3 Å². The fourth-order valence-electron chi connectivity index (χ4n) is 6.60. The fraction of sp³-hybridized carbons (Fsp3) is 0.793. The van der Waals surface area contributed by atoms with E-state index in [4.69, 9.17) is 4.74 Å². The minimum Gasteiger partial charge on any atom is -0.493 e. The van der Waals surface area contributed by atoms with Gasteiger partial charge in [-0.15, -0.1) is 23.5 Å². The molecule has 0 saturated heterocycles. The zero-order valence-corrected chi connectivity index (χ0v) is 22.9. The average molecular weight is 475 g/mol. The van der Waals surface area contributed by atoms with Gasteiger partial charge in [0.25, 0.3) is 0 Å². The van der Waals surface area contributed by atoms with Crippen molar-refractivity contribution >= 4 is 23.5 Å². The van der Waals surface area contributed by atoms with Crippen LogP contribution < -0.4 is 4.74 Å². The summed E-state index contributed by atoms with van der Waals surface area (Å²) < 4.78 is 6.36. The zero-order chi connectivity index (χ0) is 22.9. The van der Waals surface area contributed by atoms with E-state index in [9.17, 15) is 0 Å². The number of fused-ring (bicyclic) bond motifs is 1. The summed E-state index contributed by atoms with van der Waals surface area (Å²) in [7, 11) is 0. The van der Waals surface area contributed by atoms with Gasteiger partial charge in [0, 0.05) is 22.5 Å². The van der Waals surface area contributed by atoms with Crippen molar-refractivity contribution in [2.24, 2.45) is 35.5 Å². The zero-order valence-electron chi connectivity index (χ0n) is 21.3. The minimum absolute atomic E-state index is 0.137. The van der Waals surface area contributed by atoms with Crippen LogP contribution in [0.25, 0.3) is 0 Å². The van der Waals surface area contributed by atoms with Gasteiger partial charge in [0.15, 0.2) is 0 Å². The first-order chi connectivity index (χ1) is 15.3. The summed E-state index contributed by atoms with van der Waals surface area (Å²) >= 11 is 4.73. The lowest BCUT2D eigenvalue weighted by molar-refractivity contribution is 0.238. The Bertz CT molecular complexity index is 710. The van der Waals surface area contributed by atoms with Gasteiger partial charge in [0.1, 0.15) is 5.75 Å². The summed E-state index contributed by atoms with van der Waals surface area (Å²) in [6.07, 6.45) is 9.55. The van der Waals surface area contributed by atoms with E-state index in [0.717, 1.165) is 64.8 Å². The highest BCUT2D eigenvalue weighted by Gasteiger charge is 2.47. The lowest BCUT2D eigenvalue weighted by Crippen LogP contribution is -2.39. The van der Waals surface area contributed by atoms with Crippen molar-refractivity contribution in [2.75, 3.05) is 6.61 Å². The summed E-state index contributed by atoms with van der Waals surface area (Å²) in [5.74, 6) is 6.10. The number of para-hydroxylation sites is 1. The quantitative estimate of drug-likeness (QED) is 0.381. The Hall–Kier alpha value is -0.280. The standard InChI is InChI=1S/C29H46OS2/c1-19(2)23-13-11-21(5)17-27(23)31-29(15-16-30-26-10-8-7-9-25(26)29)32-28-18-22(6)12-14-24(28)20(3)4/h7-10,19-24,27-28H,11-18H2,1-6H3. The van der Waals surface area contributed by atoms with Crippen LogP contribution in [0.2, 0.25) is 0 Å². The molecule has 3 heteroatoms. The Morgan fingerprint density at radius 3 is 1.88 bits per heavy atom. The molecule has 0 aromatic heterocycles. The highest BCUT2D eigenvalue weighted by molar-refractivity contribution is 8.18. The van der Waals surface area contributed by atoms with Gasteiger partial charge in [-0.3, -0.25) is 0 Å². The molecule has 3 aliphatic rings. The van der Waals surface area contributed by atoms with Gasteiger partial charge in [-0.2, -0.15) is 0 Å². The molecule has 0 N–H and O–H groups in total. The monoisotopic (exact) mass is 474 g/mol. The maximum absolute atomic E-state index is 6.22. The molecule has 4 rings (SSSR count). The Morgan fingerprint density at radius 2 is 1.34 bits per heavy atom. The molecule has 1 nitrogen and oxygen atoms in total. The van der Waals surface area contributed by atoms with Crippen LogP contribution in [0, 0.1) is 35.5 Å². The SMILES string of the molecule is CC1CCC(C(C)C)C(SC2(SC3CC(C)CCC3C(C)C)CCOc3ccccc32)C1. The molecular formula is C29H46OS2. The molecule has 2 aliphatic carbocycles. The van der Waals surface area contributed by atoms with Crippen LogP contribution >= 0.6 is 23.5 Å². The Labute approximate surface area is 206 Å². The molecule has 2 saturated carbocycles. The lowest BCUT2D eigenvalue weighted by atomic mass is 9.77. The molecular weight excluding hydrogens is 428 g/mol. The number of rotatable bonds is 6. The van der Waals surface area contributed by atoms with E-state index in [-0.39, 0.29) is 4.08 Å². The van der Waals surface area contributed by atoms with Crippen molar-refractivity contribution in [3.63, 3.8) is 0 Å². The lowest BCUT2D eigenvalue weighted by Gasteiger charge is -2.48. The number of thioether (sulfide) groups is 2. The van der Waals surface area contributed by atoms with Crippen LogP contribution in [0.15, 0.2) is 24.3 Å². The summed E-state index contributed by atoms with van der Waals surface area (Å²) in [4.78, 5) is 0. The van der Waals surface area contributed by atoms with E-state index in [0.29, 0.717) is 0 Å². The normalized spacial score (nSPS) is 37.9. The van der Waals surface area contributed by atoms with Gasteiger partial charge in [-0.1, -0.05) is 72.6 Å². The second kappa shape index (κ2) is 10.5. The molecule has 6 unspecified atom stereocenters. The second-order valence-corrected chi connectivity index (χ2v) is 15.1. The molecule has 0 spiro atoms. The highest BCUT2D eigenvalue weighted by Crippen LogP contribution is 2.62. The van der Waals surface area contributed by atoms with Crippen molar-refractivity contribution in [1.82, 2.24) is 0 Å². The van der Waals surface area contributed by atoms with E-state index in [2.05, 4.69) is 89.3 Å². The molecule has 2 fully saturated rings. The first-order valence-electron chi connectivity index (χ1n) is 13.4. The smallest absolute Gasteiger partial charge is 0.124 e. The minimum atomic E-state index is 0.137. The molecule has 1 aromatic carbocycles. The van der Waals surface area contributed by atoms with Crippen LogP contribution in [0.1, 0.15) is 92.1 Å². The molecule has 0 bridgehead atoms. The number of hydrogen-bond acceptors (Lipinski definition) is 3. The van der Waals surface area contributed by atoms with E-state index in [1.165, 1.54) is 44.1 Å². The third kappa shape index (κ3) is 5.35. The van der Waals surface area contributed by atoms with Crippen LogP contribution in [0.5, 0.6) is 5.75 Å². The van der Waals surface area contributed by atoms with Gasteiger partial charge < -0.3 is 4.74 Å². The summed E-state index contributed by atoms with van der Waals surface area (Å²) in [5, 5.41) is 1.52. The van der Waals surface area contributed by atoms with E-state index in [1.807, 2.05) is 0 Å². The van der Waals surface area contributed by atoms with Gasteiger partial charge in [0.2, 0.25) is 0 Å². The second-order valence-electron chi connectivity index (χ2n) is 11.8. The predicted molar refractivity (Wildman–Crippen MR) is 144 cm³/mol. The van der Waals surface area contributed by atoms with Crippen LogP contribution in [-0.4, -0.2) is 17.1 Å². The fourth-order valence-corrected chi connectivity index (χ4v) is 11.6. The molecule has 6 atom stereocenters. The maximum atomic E-state index is 6.22. The average Bonchev–Trinajstić information content (AvgIpc) is 2.74. The van der Waals surface area contributed by atoms with Crippen LogP contribution in [0.4, 0.5) is 0 Å². The summed E-state index contributed by atoms with van der Waals surface area (Å²) in [5.41, 5.74) is 1.47. The van der Waals surface area contributed by atoms with Gasteiger partial charge in [0.05, 0.1) is 10.7 Å². The third-order valence-electron chi connectivity index (χ3n) is 8.59. The number of hydrogen-bond donors (Lipinski definition) is 0. The highest BCUT2D eigenvalue weighted by atomic mass is 32.2. The van der Waals surface area contributed by atoms with Crippen LogP contribution in [-0.2, 0) is 4.08 Å². The molecule has 32 heavy (non-hydrogen) atoms. The molecule has 1 heterocycles. The van der Waals surface area contributed by atoms with Crippen molar-refractivity contribution in [1.29, 1.82) is 0 Å². The maximum Gasteiger partial charge on any atom is 0.124 e. The first kappa shape index (κ1) is 24.8. The molecule has 1 aromatic rings. The van der Waals surface area contributed by atoms with Crippen LogP contribution in [0.3, 0.4) is 0 Å². The number of benzene rings is 1.